The van der Waals surface area contributed by atoms with Crippen LogP contribution in [0, 0.1) is 0 Å². The standard InChI is InChI=1S/C7H13NO5/c1-3(10)8-7-6(12)5(11)4(2-9)13-7/h4-7,9,11-12H,2H2,1H3,(H,8,10)/t4-,5-,6+,7?/m0/s1. The molecule has 1 saturated heterocycles. The first-order valence-corrected chi connectivity index (χ1v) is 3.96. The van der Waals surface area contributed by atoms with Gasteiger partial charge in [-0.05, 0) is 0 Å². The monoisotopic (exact) mass is 191 g/mol. The molecule has 1 unspecified atom stereocenters. The van der Waals surface area contributed by atoms with Gasteiger partial charge in [-0.1, -0.05) is 0 Å². The van der Waals surface area contributed by atoms with Crippen molar-refractivity contribution < 1.29 is 24.9 Å². The molecule has 6 heteroatoms. The fraction of sp³-hybridized carbons (Fsp3) is 0.857. The Morgan fingerprint density at radius 1 is 1.46 bits per heavy atom. The summed E-state index contributed by atoms with van der Waals surface area (Å²) in [7, 11) is 0. The Labute approximate surface area is 75.1 Å². The third-order valence-corrected chi connectivity index (χ3v) is 1.89. The Kier molecular flexibility index (Phi) is 3.21. The third kappa shape index (κ3) is 2.16. The molecule has 13 heavy (non-hydrogen) atoms. The van der Waals surface area contributed by atoms with E-state index in [2.05, 4.69) is 5.32 Å². The van der Waals surface area contributed by atoms with E-state index in [1.807, 2.05) is 0 Å². The minimum absolute atomic E-state index is 0.366. The van der Waals surface area contributed by atoms with E-state index in [0.29, 0.717) is 0 Å². The number of ether oxygens (including phenoxy) is 1. The van der Waals surface area contributed by atoms with Crippen molar-refractivity contribution in [3.63, 3.8) is 0 Å². The van der Waals surface area contributed by atoms with Gasteiger partial charge in [0.2, 0.25) is 5.91 Å². The molecule has 0 radical (unpaired) electrons. The molecule has 0 aliphatic carbocycles. The lowest BCUT2D eigenvalue weighted by Gasteiger charge is -2.14. The number of hydrogen-bond donors (Lipinski definition) is 4. The van der Waals surface area contributed by atoms with Crippen molar-refractivity contribution in [3.05, 3.63) is 0 Å². The zero-order valence-corrected chi connectivity index (χ0v) is 7.17. The van der Waals surface area contributed by atoms with Gasteiger partial charge in [-0.2, -0.15) is 0 Å². The number of carbonyl (C=O) groups is 1. The van der Waals surface area contributed by atoms with Gasteiger partial charge in [0.15, 0.2) is 6.23 Å². The van der Waals surface area contributed by atoms with Gasteiger partial charge in [-0.3, -0.25) is 4.79 Å². The summed E-state index contributed by atoms with van der Waals surface area (Å²) in [6.07, 6.45) is -4.14. The van der Waals surface area contributed by atoms with Crippen LogP contribution in [0.1, 0.15) is 6.92 Å². The van der Waals surface area contributed by atoms with Gasteiger partial charge >= 0.3 is 0 Å². The Morgan fingerprint density at radius 3 is 2.46 bits per heavy atom. The van der Waals surface area contributed by atoms with Crippen LogP contribution >= 0.6 is 0 Å². The molecular weight excluding hydrogens is 178 g/mol. The van der Waals surface area contributed by atoms with Crippen LogP contribution < -0.4 is 5.32 Å². The molecule has 0 saturated carbocycles. The molecule has 1 aliphatic heterocycles. The largest absolute Gasteiger partial charge is 0.394 e. The highest BCUT2D eigenvalue weighted by molar-refractivity contribution is 5.73. The van der Waals surface area contributed by atoms with Gasteiger partial charge in [0.1, 0.15) is 18.3 Å². The predicted molar refractivity (Wildman–Crippen MR) is 41.6 cm³/mol. The van der Waals surface area contributed by atoms with E-state index in [4.69, 9.17) is 9.84 Å². The molecular formula is C7H13NO5. The molecule has 4 N–H and O–H groups in total. The van der Waals surface area contributed by atoms with E-state index in [1.54, 1.807) is 0 Å². The van der Waals surface area contributed by atoms with E-state index >= 15 is 0 Å². The van der Waals surface area contributed by atoms with Gasteiger partial charge in [0.25, 0.3) is 0 Å². The Balaban J connectivity index is 2.55. The summed E-state index contributed by atoms with van der Waals surface area (Å²) in [6.45, 7) is 0.878. The van der Waals surface area contributed by atoms with Gasteiger partial charge < -0.3 is 25.4 Å². The second-order valence-corrected chi connectivity index (χ2v) is 2.96. The maximum atomic E-state index is 10.6. The number of hydrogen-bond acceptors (Lipinski definition) is 5. The molecule has 1 fully saturated rings. The van der Waals surface area contributed by atoms with Gasteiger partial charge in [0.05, 0.1) is 6.61 Å². The zero-order chi connectivity index (χ0) is 10.0. The SMILES string of the molecule is CC(=O)NC1O[C@@H](CO)[C@H](O)[C@H]1O. The summed E-state index contributed by atoms with van der Waals surface area (Å²) >= 11 is 0. The molecule has 1 amide bonds. The lowest BCUT2D eigenvalue weighted by atomic mass is 10.1. The van der Waals surface area contributed by atoms with E-state index in [9.17, 15) is 15.0 Å². The van der Waals surface area contributed by atoms with Gasteiger partial charge in [-0.25, -0.2) is 0 Å². The van der Waals surface area contributed by atoms with Crippen molar-refractivity contribution >= 4 is 5.91 Å². The molecule has 1 aliphatic rings. The topological polar surface area (TPSA) is 99.0 Å². The van der Waals surface area contributed by atoms with Crippen LogP contribution in [0.3, 0.4) is 0 Å². The smallest absolute Gasteiger partial charge is 0.218 e. The van der Waals surface area contributed by atoms with Crippen LogP contribution in [0.2, 0.25) is 0 Å². The number of nitrogens with one attached hydrogen (secondary N) is 1. The molecule has 6 nitrogen and oxygen atoms in total. The van der Waals surface area contributed by atoms with E-state index in [0.717, 1.165) is 0 Å². The fourth-order valence-corrected chi connectivity index (χ4v) is 1.22. The second kappa shape index (κ2) is 4.01. The third-order valence-electron chi connectivity index (χ3n) is 1.89. The summed E-state index contributed by atoms with van der Waals surface area (Å²) in [4.78, 5) is 10.6. The van der Waals surface area contributed by atoms with Crippen LogP contribution in [0.15, 0.2) is 0 Å². The minimum Gasteiger partial charge on any atom is -0.394 e. The van der Waals surface area contributed by atoms with Gasteiger partial charge in [-0.15, -0.1) is 0 Å². The van der Waals surface area contributed by atoms with Crippen LogP contribution in [-0.4, -0.2) is 52.4 Å². The quantitative estimate of drug-likeness (QED) is 0.388. The lowest BCUT2D eigenvalue weighted by Crippen LogP contribution is -2.42. The number of rotatable bonds is 2. The average Bonchev–Trinajstić information content (AvgIpc) is 2.32. The molecule has 0 aromatic rings. The Hall–Kier alpha value is -0.690. The molecule has 0 aromatic heterocycles. The van der Waals surface area contributed by atoms with Gasteiger partial charge in [0, 0.05) is 6.92 Å². The maximum Gasteiger partial charge on any atom is 0.218 e. The summed E-state index contributed by atoms with van der Waals surface area (Å²) in [5, 5.41) is 29.6. The Morgan fingerprint density at radius 2 is 2.08 bits per heavy atom. The average molecular weight is 191 g/mol. The number of aliphatic hydroxyl groups excluding tert-OH is 3. The molecule has 0 bridgehead atoms. The highest BCUT2D eigenvalue weighted by Gasteiger charge is 2.42. The molecule has 0 spiro atoms. The minimum atomic E-state index is -1.19. The zero-order valence-electron chi connectivity index (χ0n) is 7.17. The first-order valence-electron chi connectivity index (χ1n) is 3.96. The molecule has 4 atom stereocenters. The predicted octanol–water partition coefficient (Wildman–Crippen LogP) is -2.44. The lowest BCUT2D eigenvalue weighted by molar-refractivity contribution is -0.125. The number of aliphatic hydroxyl groups is 3. The first kappa shape index (κ1) is 10.4. The fourth-order valence-electron chi connectivity index (χ4n) is 1.22. The highest BCUT2D eigenvalue weighted by atomic mass is 16.6. The van der Waals surface area contributed by atoms with Crippen LogP contribution in [0.4, 0.5) is 0 Å². The molecule has 1 heterocycles. The van der Waals surface area contributed by atoms with E-state index in [1.165, 1.54) is 6.92 Å². The van der Waals surface area contributed by atoms with Crippen molar-refractivity contribution in [2.75, 3.05) is 6.61 Å². The van der Waals surface area contributed by atoms with Crippen molar-refractivity contribution in [3.8, 4) is 0 Å². The molecule has 76 valence electrons. The first-order chi connectivity index (χ1) is 6.06. The van der Waals surface area contributed by atoms with Crippen LogP contribution in [0.5, 0.6) is 0 Å². The van der Waals surface area contributed by atoms with Crippen LogP contribution in [-0.2, 0) is 9.53 Å². The van der Waals surface area contributed by atoms with Crippen molar-refractivity contribution in [1.82, 2.24) is 5.32 Å². The highest BCUT2D eigenvalue weighted by Crippen LogP contribution is 2.18. The molecule has 1 rings (SSSR count). The maximum absolute atomic E-state index is 10.6. The normalized spacial score (nSPS) is 39.1. The van der Waals surface area contributed by atoms with Crippen molar-refractivity contribution in [2.24, 2.45) is 0 Å². The number of amides is 1. The second-order valence-electron chi connectivity index (χ2n) is 2.96. The summed E-state index contributed by atoms with van der Waals surface area (Å²) < 4.78 is 4.96. The Bertz CT molecular complexity index is 197. The summed E-state index contributed by atoms with van der Waals surface area (Å²) in [6, 6.07) is 0. The van der Waals surface area contributed by atoms with E-state index in [-0.39, 0.29) is 5.91 Å². The number of carbonyl (C=O) groups excluding carboxylic acids is 1. The van der Waals surface area contributed by atoms with Crippen molar-refractivity contribution in [2.45, 2.75) is 31.5 Å². The molecule has 0 aromatic carbocycles. The van der Waals surface area contributed by atoms with E-state index < -0.39 is 31.1 Å². The summed E-state index contributed by atoms with van der Waals surface area (Å²) in [5.41, 5.74) is 0. The summed E-state index contributed by atoms with van der Waals surface area (Å²) in [5.74, 6) is -0.366. The van der Waals surface area contributed by atoms with Crippen LogP contribution in [0.25, 0.3) is 0 Å². The van der Waals surface area contributed by atoms with Crippen molar-refractivity contribution in [1.29, 1.82) is 0 Å².